The second-order valence-electron chi connectivity index (χ2n) is 8.09. The summed E-state index contributed by atoms with van der Waals surface area (Å²) in [6, 6.07) is 24.0. The Morgan fingerprint density at radius 3 is 2.48 bits per heavy atom. The summed E-state index contributed by atoms with van der Waals surface area (Å²) in [5.74, 6) is 0.530. The van der Waals surface area contributed by atoms with Crippen molar-refractivity contribution in [3.05, 3.63) is 83.9 Å². The fourth-order valence-electron chi connectivity index (χ4n) is 4.18. The number of hydrogen-bond acceptors (Lipinski definition) is 4. The number of nitrogen functional groups attached to an aromatic ring is 1. The zero-order valence-electron chi connectivity index (χ0n) is 17.7. The minimum Gasteiger partial charge on any atom is -0.384 e. The van der Waals surface area contributed by atoms with E-state index >= 15 is 0 Å². The Morgan fingerprint density at radius 1 is 1.00 bits per heavy atom. The van der Waals surface area contributed by atoms with Gasteiger partial charge in [-0.05, 0) is 36.1 Å². The van der Waals surface area contributed by atoms with Gasteiger partial charge in [0.1, 0.15) is 5.82 Å². The molecule has 0 spiro atoms. The summed E-state index contributed by atoms with van der Waals surface area (Å²) in [4.78, 5) is 20.7. The molecule has 1 unspecified atom stereocenters. The molecule has 4 N–H and O–H groups in total. The van der Waals surface area contributed by atoms with E-state index in [9.17, 15) is 4.79 Å². The van der Waals surface area contributed by atoms with Crippen LogP contribution in [0.4, 0.5) is 10.6 Å². The molecule has 4 rings (SSSR count). The Balaban J connectivity index is 1.31. The van der Waals surface area contributed by atoms with Crippen molar-refractivity contribution in [2.45, 2.75) is 25.4 Å². The Bertz CT molecular complexity index is 1010. The number of pyridine rings is 1. The van der Waals surface area contributed by atoms with Gasteiger partial charge in [0.15, 0.2) is 0 Å². The van der Waals surface area contributed by atoms with E-state index in [-0.39, 0.29) is 12.1 Å². The highest BCUT2D eigenvalue weighted by molar-refractivity contribution is 5.72. The van der Waals surface area contributed by atoms with Crippen LogP contribution in [-0.4, -0.2) is 46.5 Å². The molecule has 1 aliphatic heterocycles. The maximum Gasteiger partial charge on any atom is 0.315 e. The third kappa shape index (κ3) is 5.41. The van der Waals surface area contributed by atoms with Crippen LogP contribution in [0.2, 0.25) is 0 Å². The van der Waals surface area contributed by atoms with E-state index in [1.54, 1.807) is 6.07 Å². The Morgan fingerprint density at radius 2 is 1.77 bits per heavy atom. The van der Waals surface area contributed by atoms with E-state index in [0.717, 1.165) is 49.3 Å². The van der Waals surface area contributed by atoms with Gasteiger partial charge >= 0.3 is 6.03 Å². The molecule has 1 fully saturated rings. The summed E-state index contributed by atoms with van der Waals surface area (Å²) in [7, 11) is 0. The molecule has 160 valence electrons. The molecule has 1 saturated heterocycles. The number of nitrogens with two attached hydrogens (primary N) is 2. The van der Waals surface area contributed by atoms with Crippen LogP contribution >= 0.6 is 0 Å². The van der Waals surface area contributed by atoms with Crippen LogP contribution < -0.4 is 11.5 Å². The summed E-state index contributed by atoms with van der Waals surface area (Å²) in [6.45, 7) is 3.37. The quantitative estimate of drug-likeness (QED) is 0.618. The van der Waals surface area contributed by atoms with Crippen LogP contribution in [0.5, 0.6) is 0 Å². The largest absolute Gasteiger partial charge is 0.384 e. The summed E-state index contributed by atoms with van der Waals surface area (Å²) in [5.41, 5.74) is 15.8. The van der Waals surface area contributed by atoms with Gasteiger partial charge in [0, 0.05) is 37.8 Å². The van der Waals surface area contributed by atoms with Crippen LogP contribution in [0, 0.1) is 0 Å². The van der Waals surface area contributed by atoms with Crippen molar-refractivity contribution in [1.82, 2.24) is 14.8 Å². The third-order valence-corrected chi connectivity index (χ3v) is 5.90. The maximum absolute atomic E-state index is 12.1. The molecule has 3 aromatic rings. The van der Waals surface area contributed by atoms with Crippen molar-refractivity contribution in [3.8, 4) is 11.3 Å². The van der Waals surface area contributed by atoms with E-state index in [2.05, 4.69) is 34.1 Å². The highest BCUT2D eigenvalue weighted by Crippen LogP contribution is 2.21. The normalized spacial score (nSPS) is 16.3. The number of urea groups is 1. The lowest BCUT2D eigenvalue weighted by Gasteiger charge is -2.27. The zero-order chi connectivity index (χ0) is 21.6. The highest BCUT2D eigenvalue weighted by atomic mass is 16.2. The summed E-state index contributed by atoms with van der Waals surface area (Å²) in [5, 5.41) is 0. The van der Waals surface area contributed by atoms with Crippen molar-refractivity contribution >= 4 is 11.8 Å². The first kappa shape index (κ1) is 20.9. The molecular weight excluding hydrogens is 386 g/mol. The highest BCUT2D eigenvalue weighted by Gasteiger charge is 2.29. The number of carbonyl (C=O) groups is 1. The molecule has 6 heteroatoms. The average Bonchev–Trinajstić information content (AvgIpc) is 3.25. The van der Waals surface area contributed by atoms with Gasteiger partial charge in [-0.1, -0.05) is 60.7 Å². The smallest absolute Gasteiger partial charge is 0.315 e. The number of rotatable bonds is 7. The molecule has 1 aromatic heterocycles. The lowest BCUT2D eigenvalue weighted by molar-refractivity contribution is 0.178. The maximum atomic E-state index is 12.1. The number of nitrogens with zero attached hydrogens (tertiary/aromatic N) is 3. The van der Waals surface area contributed by atoms with Gasteiger partial charge < -0.3 is 21.3 Å². The van der Waals surface area contributed by atoms with Gasteiger partial charge in [0.25, 0.3) is 0 Å². The van der Waals surface area contributed by atoms with Gasteiger partial charge in [0.2, 0.25) is 0 Å². The predicted molar refractivity (Wildman–Crippen MR) is 124 cm³/mol. The molecular formula is C25H29N5O. The minimum absolute atomic E-state index is 0.162. The monoisotopic (exact) mass is 415 g/mol. The van der Waals surface area contributed by atoms with Crippen LogP contribution in [0.3, 0.4) is 0 Å². The SMILES string of the molecule is NC(=O)N(Cc1ccccc1)C1CCN(CCc2ccc(-c3cccc(N)n3)cc2)C1. The summed E-state index contributed by atoms with van der Waals surface area (Å²) < 4.78 is 0. The first-order chi connectivity index (χ1) is 15.1. The topological polar surface area (TPSA) is 88.5 Å². The van der Waals surface area contributed by atoms with Crippen LogP contribution in [0.25, 0.3) is 11.3 Å². The Labute approximate surface area is 183 Å². The molecule has 0 bridgehead atoms. The lowest BCUT2D eigenvalue weighted by Crippen LogP contribution is -2.44. The van der Waals surface area contributed by atoms with Crippen molar-refractivity contribution in [2.75, 3.05) is 25.4 Å². The number of primary amides is 1. The van der Waals surface area contributed by atoms with Gasteiger partial charge in [-0.3, -0.25) is 0 Å². The molecule has 2 amide bonds. The van der Waals surface area contributed by atoms with Crippen molar-refractivity contribution in [3.63, 3.8) is 0 Å². The number of amides is 2. The van der Waals surface area contributed by atoms with E-state index < -0.39 is 0 Å². The Hall–Kier alpha value is -3.38. The fraction of sp³-hybridized carbons (Fsp3) is 0.280. The molecule has 2 heterocycles. The summed E-state index contributed by atoms with van der Waals surface area (Å²) in [6.07, 6.45) is 1.92. The second kappa shape index (κ2) is 9.62. The van der Waals surface area contributed by atoms with Crippen LogP contribution in [-0.2, 0) is 13.0 Å². The predicted octanol–water partition coefficient (Wildman–Crippen LogP) is 3.53. The lowest BCUT2D eigenvalue weighted by atomic mass is 10.1. The number of benzene rings is 2. The summed E-state index contributed by atoms with van der Waals surface area (Å²) >= 11 is 0. The van der Waals surface area contributed by atoms with Crippen LogP contribution in [0.1, 0.15) is 17.5 Å². The third-order valence-electron chi connectivity index (χ3n) is 5.90. The Kier molecular flexibility index (Phi) is 6.48. The number of carbonyl (C=O) groups excluding carboxylic acids is 1. The number of hydrogen-bond donors (Lipinski definition) is 2. The van der Waals surface area contributed by atoms with E-state index in [0.29, 0.717) is 12.4 Å². The van der Waals surface area contributed by atoms with Gasteiger partial charge in [-0.15, -0.1) is 0 Å². The van der Waals surface area contributed by atoms with Crippen LogP contribution in [0.15, 0.2) is 72.8 Å². The molecule has 6 nitrogen and oxygen atoms in total. The van der Waals surface area contributed by atoms with E-state index in [1.807, 2.05) is 47.4 Å². The zero-order valence-corrected chi connectivity index (χ0v) is 17.7. The standard InChI is InChI=1S/C25H29N5O/c26-24-8-4-7-23(28-24)21-11-9-19(10-12-21)13-15-29-16-14-22(18-29)30(25(27)31)17-20-5-2-1-3-6-20/h1-12,22H,13-18H2,(H2,26,28)(H2,27,31). The van der Waals surface area contributed by atoms with Gasteiger partial charge in [-0.2, -0.15) is 0 Å². The average molecular weight is 416 g/mol. The van der Waals surface area contributed by atoms with Crippen molar-refractivity contribution in [1.29, 1.82) is 0 Å². The molecule has 0 aliphatic carbocycles. The fourth-order valence-corrected chi connectivity index (χ4v) is 4.18. The number of likely N-dealkylation sites (tertiary alicyclic amines) is 1. The first-order valence-corrected chi connectivity index (χ1v) is 10.7. The first-order valence-electron chi connectivity index (χ1n) is 10.7. The molecule has 1 aliphatic rings. The van der Waals surface area contributed by atoms with Crippen molar-refractivity contribution in [2.24, 2.45) is 5.73 Å². The molecule has 2 aromatic carbocycles. The number of anilines is 1. The van der Waals surface area contributed by atoms with E-state index in [1.165, 1.54) is 5.56 Å². The number of aromatic nitrogens is 1. The molecule has 1 atom stereocenters. The molecule has 31 heavy (non-hydrogen) atoms. The van der Waals surface area contributed by atoms with E-state index in [4.69, 9.17) is 11.5 Å². The van der Waals surface area contributed by atoms with Crippen molar-refractivity contribution < 1.29 is 4.79 Å². The minimum atomic E-state index is -0.346. The molecule has 0 saturated carbocycles. The second-order valence-corrected chi connectivity index (χ2v) is 8.09. The van der Waals surface area contributed by atoms with Gasteiger partial charge in [0.05, 0.1) is 5.69 Å². The van der Waals surface area contributed by atoms with Gasteiger partial charge in [-0.25, -0.2) is 9.78 Å². The molecule has 0 radical (unpaired) electrons.